The maximum atomic E-state index is 10.7. The molecule has 0 radical (unpaired) electrons. The average Bonchev–Trinajstić information content (AvgIpc) is 2.77. The quantitative estimate of drug-likeness (QED) is 0.920. The Bertz CT molecular complexity index is 566. The van der Waals surface area contributed by atoms with Gasteiger partial charge >= 0.3 is 5.97 Å². The van der Waals surface area contributed by atoms with Gasteiger partial charge < -0.3 is 10.0 Å². The lowest BCUT2D eigenvalue weighted by Gasteiger charge is -2.18. The van der Waals surface area contributed by atoms with E-state index in [4.69, 9.17) is 5.11 Å². The van der Waals surface area contributed by atoms with Crippen molar-refractivity contribution in [1.82, 2.24) is 4.98 Å². The molecular weight excluding hydrogens is 248 g/mol. The molecule has 1 heterocycles. The summed E-state index contributed by atoms with van der Waals surface area (Å²) in [5, 5.41) is 10.7. The third-order valence-corrected chi connectivity index (χ3v) is 3.46. The Morgan fingerprint density at radius 2 is 2.28 bits per heavy atom. The predicted molar refractivity (Wildman–Crippen MR) is 72.4 cm³/mol. The fraction of sp³-hybridized carbons (Fsp3) is 0.231. The summed E-state index contributed by atoms with van der Waals surface area (Å²) >= 11 is 1.16. The van der Waals surface area contributed by atoms with E-state index in [-0.39, 0.29) is 5.01 Å². The SMILES string of the molecule is Cc1cccc(N(C)Cc2csc(C(=O)O)n2)c1. The average molecular weight is 262 g/mol. The number of carbonyl (C=O) groups is 1. The van der Waals surface area contributed by atoms with Crippen LogP contribution >= 0.6 is 11.3 Å². The Hall–Kier alpha value is -1.88. The molecule has 18 heavy (non-hydrogen) atoms. The number of carboxylic acids is 1. The normalized spacial score (nSPS) is 10.3. The minimum Gasteiger partial charge on any atom is -0.476 e. The van der Waals surface area contributed by atoms with Crippen molar-refractivity contribution in [3.05, 3.63) is 45.9 Å². The first-order chi connectivity index (χ1) is 8.56. The molecule has 2 rings (SSSR count). The van der Waals surface area contributed by atoms with Crippen molar-refractivity contribution in [2.24, 2.45) is 0 Å². The third-order valence-electron chi connectivity index (χ3n) is 2.58. The van der Waals surface area contributed by atoms with Crippen LogP contribution in [0.4, 0.5) is 5.69 Å². The Balaban J connectivity index is 2.11. The second-order valence-corrected chi connectivity index (χ2v) is 5.00. The number of aryl methyl sites for hydroxylation is 1. The van der Waals surface area contributed by atoms with E-state index in [0.29, 0.717) is 6.54 Å². The van der Waals surface area contributed by atoms with Crippen LogP contribution in [-0.4, -0.2) is 23.1 Å². The van der Waals surface area contributed by atoms with Gasteiger partial charge in [-0.25, -0.2) is 9.78 Å². The number of hydrogen-bond donors (Lipinski definition) is 1. The minimum atomic E-state index is -0.968. The van der Waals surface area contributed by atoms with Crippen LogP contribution < -0.4 is 4.90 Å². The van der Waals surface area contributed by atoms with Gasteiger partial charge in [0.05, 0.1) is 12.2 Å². The number of rotatable bonds is 4. The Morgan fingerprint density at radius 1 is 1.50 bits per heavy atom. The summed E-state index contributed by atoms with van der Waals surface area (Å²) in [5.74, 6) is -0.968. The van der Waals surface area contributed by atoms with Crippen LogP contribution in [-0.2, 0) is 6.54 Å². The summed E-state index contributed by atoms with van der Waals surface area (Å²) in [6.07, 6.45) is 0. The van der Waals surface area contributed by atoms with Crippen LogP contribution in [0.3, 0.4) is 0 Å². The molecule has 0 bridgehead atoms. The van der Waals surface area contributed by atoms with E-state index in [1.807, 2.05) is 37.1 Å². The second-order valence-electron chi connectivity index (χ2n) is 4.14. The van der Waals surface area contributed by atoms with Gasteiger partial charge in [-0.3, -0.25) is 0 Å². The zero-order chi connectivity index (χ0) is 13.1. The lowest BCUT2D eigenvalue weighted by molar-refractivity contribution is 0.0696. The van der Waals surface area contributed by atoms with Gasteiger partial charge in [0.25, 0.3) is 0 Å². The van der Waals surface area contributed by atoms with Crippen molar-refractivity contribution in [3.63, 3.8) is 0 Å². The van der Waals surface area contributed by atoms with Crippen molar-refractivity contribution in [2.75, 3.05) is 11.9 Å². The summed E-state index contributed by atoms with van der Waals surface area (Å²) in [7, 11) is 1.97. The molecule has 0 saturated heterocycles. The van der Waals surface area contributed by atoms with Gasteiger partial charge in [-0.1, -0.05) is 12.1 Å². The van der Waals surface area contributed by atoms with Crippen molar-refractivity contribution < 1.29 is 9.90 Å². The van der Waals surface area contributed by atoms with E-state index < -0.39 is 5.97 Å². The highest BCUT2D eigenvalue weighted by Crippen LogP contribution is 2.18. The number of aromatic carboxylic acids is 1. The molecule has 0 fully saturated rings. The zero-order valence-electron chi connectivity index (χ0n) is 10.3. The minimum absolute atomic E-state index is 0.141. The van der Waals surface area contributed by atoms with Gasteiger partial charge in [-0.2, -0.15) is 0 Å². The first-order valence-corrected chi connectivity index (χ1v) is 6.40. The van der Waals surface area contributed by atoms with Crippen LogP contribution in [0.5, 0.6) is 0 Å². The van der Waals surface area contributed by atoms with E-state index in [9.17, 15) is 4.79 Å². The van der Waals surface area contributed by atoms with Crippen molar-refractivity contribution in [1.29, 1.82) is 0 Å². The molecule has 1 aromatic carbocycles. The summed E-state index contributed by atoms with van der Waals surface area (Å²) in [4.78, 5) is 16.9. The van der Waals surface area contributed by atoms with Gasteiger partial charge in [0.2, 0.25) is 5.01 Å². The number of aromatic nitrogens is 1. The molecule has 1 N–H and O–H groups in total. The first kappa shape index (κ1) is 12.6. The summed E-state index contributed by atoms with van der Waals surface area (Å²) in [6, 6.07) is 8.16. The van der Waals surface area contributed by atoms with E-state index >= 15 is 0 Å². The predicted octanol–water partition coefficient (Wildman–Crippen LogP) is 2.79. The van der Waals surface area contributed by atoms with Crippen molar-refractivity contribution >= 4 is 23.0 Å². The highest BCUT2D eigenvalue weighted by molar-refractivity contribution is 7.11. The Morgan fingerprint density at radius 3 is 2.89 bits per heavy atom. The maximum absolute atomic E-state index is 10.7. The summed E-state index contributed by atoms with van der Waals surface area (Å²) in [5.41, 5.74) is 3.07. The third kappa shape index (κ3) is 2.87. The molecular formula is C13H14N2O2S. The molecule has 0 atom stereocenters. The van der Waals surface area contributed by atoms with E-state index in [1.54, 1.807) is 5.38 Å². The lowest BCUT2D eigenvalue weighted by Crippen LogP contribution is -2.16. The van der Waals surface area contributed by atoms with Gasteiger partial charge in [-0.15, -0.1) is 11.3 Å². The Labute approximate surface area is 110 Å². The molecule has 2 aromatic rings. The van der Waals surface area contributed by atoms with Crippen LogP contribution in [0.2, 0.25) is 0 Å². The number of carboxylic acid groups (broad SMARTS) is 1. The van der Waals surface area contributed by atoms with Crippen LogP contribution in [0.1, 0.15) is 21.1 Å². The zero-order valence-corrected chi connectivity index (χ0v) is 11.1. The highest BCUT2D eigenvalue weighted by atomic mass is 32.1. The smallest absolute Gasteiger partial charge is 0.365 e. The van der Waals surface area contributed by atoms with Crippen molar-refractivity contribution in [2.45, 2.75) is 13.5 Å². The molecule has 0 unspecified atom stereocenters. The highest BCUT2D eigenvalue weighted by Gasteiger charge is 2.10. The molecule has 1 aromatic heterocycles. The second kappa shape index (κ2) is 5.18. The molecule has 5 heteroatoms. The molecule has 94 valence electrons. The van der Waals surface area contributed by atoms with Crippen LogP contribution in [0.25, 0.3) is 0 Å². The van der Waals surface area contributed by atoms with Gasteiger partial charge in [0, 0.05) is 18.1 Å². The number of anilines is 1. The van der Waals surface area contributed by atoms with Gasteiger partial charge in [-0.05, 0) is 24.6 Å². The largest absolute Gasteiger partial charge is 0.476 e. The topological polar surface area (TPSA) is 53.4 Å². The molecule has 0 aliphatic rings. The van der Waals surface area contributed by atoms with Gasteiger partial charge in [0.15, 0.2) is 0 Å². The number of nitrogens with zero attached hydrogens (tertiary/aromatic N) is 2. The maximum Gasteiger partial charge on any atom is 0.365 e. The van der Waals surface area contributed by atoms with Crippen LogP contribution in [0.15, 0.2) is 29.6 Å². The molecule has 0 aliphatic heterocycles. The van der Waals surface area contributed by atoms with Crippen molar-refractivity contribution in [3.8, 4) is 0 Å². The van der Waals surface area contributed by atoms with Gasteiger partial charge in [0.1, 0.15) is 0 Å². The molecule has 0 amide bonds. The first-order valence-electron chi connectivity index (χ1n) is 5.52. The lowest BCUT2D eigenvalue weighted by atomic mass is 10.2. The van der Waals surface area contributed by atoms with E-state index in [2.05, 4.69) is 11.1 Å². The number of hydrogen-bond acceptors (Lipinski definition) is 4. The molecule has 0 spiro atoms. The fourth-order valence-corrected chi connectivity index (χ4v) is 2.32. The van der Waals surface area contributed by atoms with E-state index in [0.717, 1.165) is 22.7 Å². The standard InChI is InChI=1S/C13H14N2O2S/c1-9-4-3-5-11(6-9)15(2)7-10-8-18-12(14-10)13(16)17/h3-6,8H,7H2,1-2H3,(H,16,17). The summed E-state index contributed by atoms with van der Waals surface area (Å²) < 4.78 is 0. The van der Waals surface area contributed by atoms with Crippen LogP contribution in [0, 0.1) is 6.92 Å². The fourth-order valence-electron chi connectivity index (χ4n) is 1.68. The summed E-state index contributed by atoms with van der Waals surface area (Å²) in [6.45, 7) is 2.65. The monoisotopic (exact) mass is 262 g/mol. The number of benzene rings is 1. The molecule has 4 nitrogen and oxygen atoms in total. The molecule has 0 aliphatic carbocycles. The number of thiazole rings is 1. The Kier molecular flexibility index (Phi) is 3.62. The molecule has 0 saturated carbocycles. The van der Waals surface area contributed by atoms with E-state index in [1.165, 1.54) is 5.56 Å².